The molecule has 0 aliphatic heterocycles. The van der Waals surface area contributed by atoms with Crippen molar-refractivity contribution in [3.05, 3.63) is 52.1 Å². The Morgan fingerprint density at radius 1 is 1.12 bits per heavy atom. The van der Waals surface area contributed by atoms with Crippen molar-refractivity contribution in [1.29, 1.82) is 0 Å². The third kappa shape index (κ3) is 1.35. The van der Waals surface area contributed by atoms with Crippen LogP contribution in [0.3, 0.4) is 0 Å². The van der Waals surface area contributed by atoms with E-state index in [4.69, 9.17) is 0 Å². The summed E-state index contributed by atoms with van der Waals surface area (Å²) in [5.74, 6) is 0. The Kier molecular flexibility index (Phi) is 2.01. The van der Waals surface area contributed by atoms with Gasteiger partial charge in [0, 0.05) is 28.2 Å². The van der Waals surface area contributed by atoms with Crippen molar-refractivity contribution < 1.29 is 0 Å². The van der Waals surface area contributed by atoms with Crippen LogP contribution in [0, 0.1) is 13.8 Å². The monoisotopic (exact) mass is 224 g/mol. The molecule has 0 atom stereocenters. The first-order chi connectivity index (χ1) is 8.18. The minimum absolute atomic E-state index is 0.0747. The Labute approximate surface area is 98.1 Å². The summed E-state index contributed by atoms with van der Waals surface area (Å²) in [6, 6.07) is 7.86. The molecular formula is C14H12N2O. The van der Waals surface area contributed by atoms with Gasteiger partial charge in [-0.1, -0.05) is 18.2 Å². The lowest BCUT2D eigenvalue weighted by molar-refractivity contribution is 1.17. The van der Waals surface area contributed by atoms with E-state index in [1.807, 2.05) is 38.1 Å². The number of hydrogen-bond acceptors (Lipinski definition) is 2. The van der Waals surface area contributed by atoms with Gasteiger partial charge in [-0.25, -0.2) is 0 Å². The predicted molar refractivity (Wildman–Crippen MR) is 69.3 cm³/mol. The molecule has 84 valence electrons. The third-order valence-corrected chi connectivity index (χ3v) is 3.26. The summed E-state index contributed by atoms with van der Waals surface area (Å²) >= 11 is 0. The van der Waals surface area contributed by atoms with Crippen LogP contribution < -0.4 is 5.56 Å². The lowest BCUT2D eigenvalue weighted by Gasteiger charge is -2.07. The summed E-state index contributed by atoms with van der Waals surface area (Å²) in [5.41, 5.74) is 2.84. The molecule has 3 rings (SSSR count). The van der Waals surface area contributed by atoms with Crippen LogP contribution in [0.25, 0.3) is 21.7 Å². The van der Waals surface area contributed by atoms with Gasteiger partial charge in [-0.2, -0.15) is 0 Å². The molecule has 1 N–H and O–H groups in total. The molecule has 3 aromatic rings. The Bertz CT molecular complexity index is 787. The molecular weight excluding hydrogens is 212 g/mol. The zero-order chi connectivity index (χ0) is 12.0. The highest BCUT2D eigenvalue weighted by Crippen LogP contribution is 2.24. The molecule has 17 heavy (non-hydrogen) atoms. The van der Waals surface area contributed by atoms with Crippen molar-refractivity contribution in [3.63, 3.8) is 0 Å². The molecule has 3 heteroatoms. The fourth-order valence-corrected chi connectivity index (χ4v) is 2.22. The standard InChI is InChI=1S/C14H12N2O/c1-8-9(2)15-7-11-13(8)10-5-3-4-6-12(10)16-14(11)17/h3-7H,1-2H3,(H,16,17). The number of benzene rings is 1. The second-order valence-corrected chi connectivity index (χ2v) is 4.26. The van der Waals surface area contributed by atoms with Crippen molar-refractivity contribution in [2.75, 3.05) is 0 Å². The number of aromatic nitrogens is 2. The van der Waals surface area contributed by atoms with Crippen LogP contribution in [0.5, 0.6) is 0 Å². The summed E-state index contributed by atoms with van der Waals surface area (Å²) in [6.07, 6.45) is 1.66. The van der Waals surface area contributed by atoms with E-state index >= 15 is 0 Å². The average Bonchev–Trinajstić information content (AvgIpc) is 2.33. The van der Waals surface area contributed by atoms with Crippen molar-refractivity contribution in [3.8, 4) is 0 Å². The van der Waals surface area contributed by atoms with E-state index in [2.05, 4.69) is 9.97 Å². The number of nitrogens with zero attached hydrogens (tertiary/aromatic N) is 1. The molecule has 2 aromatic heterocycles. The first-order valence-electron chi connectivity index (χ1n) is 5.55. The zero-order valence-electron chi connectivity index (χ0n) is 9.74. The predicted octanol–water partition coefficient (Wildman–Crippen LogP) is 2.69. The molecule has 3 nitrogen and oxygen atoms in total. The number of pyridine rings is 2. The van der Waals surface area contributed by atoms with Crippen LogP contribution in [-0.4, -0.2) is 9.97 Å². The maximum absolute atomic E-state index is 12.0. The topological polar surface area (TPSA) is 45.8 Å². The van der Waals surface area contributed by atoms with Gasteiger partial charge in [-0.3, -0.25) is 9.78 Å². The van der Waals surface area contributed by atoms with Gasteiger partial charge in [0.2, 0.25) is 0 Å². The van der Waals surface area contributed by atoms with Crippen LogP contribution in [0.1, 0.15) is 11.3 Å². The summed E-state index contributed by atoms with van der Waals surface area (Å²) in [4.78, 5) is 19.1. The van der Waals surface area contributed by atoms with Crippen LogP contribution in [0.2, 0.25) is 0 Å². The lowest BCUT2D eigenvalue weighted by Crippen LogP contribution is -2.08. The van der Waals surface area contributed by atoms with Gasteiger partial charge in [0.15, 0.2) is 0 Å². The first-order valence-corrected chi connectivity index (χ1v) is 5.55. The number of para-hydroxylation sites is 1. The fraction of sp³-hybridized carbons (Fsp3) is 0.143. The molecule has 0 aliphatic carbocycles. The average molecular weight is 224 g/mol. The number of aromatic amines is 1. The van der Waals surface area contributed by atoms with E-state index in [-0.39, 0.29) is 5.56 Å². The van der Waals surface area contributed by atoms with Crippen LogP contribution >= 0.6 is 0 Å². The molecule has 0 saturated heterocycles. The largest absolute Gasteiger partial charge is 0.321 e. The van der Waals surface area contributed by atoms with E-state index in [0.717, 1.165) is 27.5 Å². The maximum Gasteiger partial charge on any atom is 0.257 e. The number of H-pyrrole nitrogens is 1. The van der Waals surface area contributed by atoms with Crippen molar-refractivity contribution in [1.82, 2.24) is 9.97 Å². The van der Waals surface area contributed by atoms with Gasteiger partial charge in [-0.05, 0) is 25.5 Å². The second-order valence-electron chi connectivity index (χ2n) is 4.26. The lowest BCUT2D eigenvalue weighted by atomic mass is 10.0. The molecule has 1 aromatic carbocycles. The van der Waals surface area contributed by atoms with Crippen molar-refractivity contribution >= 4 is 21.7 Å². The van der Waals surface area contributed by atoms with Gasteiger partial charge < -0.3 is 4.98 Å². The Hall–Kier alpha value is -2.16. The van der Waals surface area contributed by atoms with Crippen molar-refractivity contribution in [2.45, 2.75) is 13.8 Å². The van der Waals surface area contributed by atoms with Crippen LogP contribution in [-0.2, 0) is 0 Å². The third-order valence-electron chi connectivity index (χ3n) is 3.26. The number of rotatable bonds is 0. The molecule has 0 spiro atoms. The van der Waals surface area contributed by atoms with Gasteiger partial charge in [0.25, 0.3) is 5.56 Å². The summed E-state index contributed by atoms with van der Waals surface area (Å²) < 4.78 is 0. The minimum atomic E-state index is -0.0747. The quantitative estimate of drug-likeness (QED) is 0.597. The molecule has 0 fully saturated rings. The molecule has 0 radical (unpaired) electrons. The molecule has 0 bridgehead atoms. The summed E-state index contributed by atoms with van der Waals surface area (Å²) in [5, 5.41) is 2.74. The molecule has 2 heterocycles. The van der Waals surface area contributed by atoms with E-state index < -0.39 is 0 Å². The Morgan fingerprint density at radius 3 is 2.71 bits per heavy atom. The van der Waals surface area contributed by atoms with Gasteiger partial charge in [-0.15, -0.1) is 0 Å². The maximum atomic E-state index is 12.0. The van der Waals surface area contributed by atoms with E-state index in [9.17, 15) is 4.79 Å². The highest BCUT2D eigenvalue weighted by molar-refractivity contribution is 6.06. The molecule has 0 unspecified atom stereocenters. The number of nitrogens with one attached hydrogen (secondary N) is 1. The second kappa shape index (κ2) is 3.42. The van der Waals surface area contributed by atoms with Crippen molar-refractivity contribution in [2.24, 2.45) is 0 Å². The van der Waals surface area contributed by atoms with Crippen LogP contribution in [0.4, 0.5) is 0 Å². The smallest absolute Gasteiger partial charge is 0.257 e. The normalized spacial score (nSPS) is 11.2. The Balaban J connectivity index is 2.72. The highest BCUT2D eigenvalue weighted by Gasteiger charge is 2.09. The van der Waals surface area contributed by atoms with E-state index in [1.54, 1.807) is 6.20 Å². The van der Waals surface area contributed by atoms with E-state index in [1.165, 1.54) is 0 Å². The van der Waals surface area contributed by atoms with Crippen LogP contribution in [0.15, 0.2) is 35.3 Å². The first kappa shape index (κ1) is 10.0. The zero-order valence-corrected chi connectivity index (χ0v) is 9.74. The van der Waals surface area contributed by atoms with E-state index in [0.29, 0.717) is 5.39 Å². The van der Waals surface area contributed by atoms with Gasteiger partial charge in [0.05, 0.1) is 5.39 Å². The number of fused-ring (bicyclic) bond motifs is 3. The Morgan fingerprint density at radius 2 is 1.88 bits per heavy atom. The fourth-order valence-electron chi connectivity index (χ4n) is 2.22. The summed E-state index contributed by atoms with van der Waals surface area (Å²) in [6.45, 7) is 3.97. The number of aryl methyl sites for hydroxylation is 2. The minimum Gasteiger partial charge on any atom is -0.321 e. The SMILES string of the molecule is Cc1ncc2c(=O)[nH]c3ccccc3c2c1C. The van der Waals surface area contributed by atoms with Gasteiger partial charge in [0.1, 0.15) is 0 Å². The highest BCUT2D eigenvalue weighted by atomic mass is 16.1. The van der Waals surface area contributed by atoms with Gasteiger partial charge >= 0.3 is 0 Å². The molecule has 0 saturated carbocycles. The summed E-state index contributed by atoms with van der Waals surface area (Å²) in [7, 11) is 0. The number of hydrogen-bond donors (Lipinski definition) is 1. The molecule has 0 amide bonds. The molecule has 0 aliphatic rings.